The Morgan fingerprint density at radius 3 is 2.67 bits per heavy atom. The van der Waals surface area contributed by atoms with Crippen LogP contribution in [0.25, 0.3) is 11.2 Å². The van der Waals surface area contributed by atoms with Gasteiger partial charge < -0.3 is 15.7 Å². The number of benzene rings is 1. The van der Waals surface area contributed by atoms with Gasteiger partial charge in [0, 0.05) is 17.8 Å². The van der Waals surface area contributed by atoms with E-state index in [4.69, 9.17) is 11.6 Å². The zero-order chi connectivity index (χ0) is 17.1. The first kappa shape index (κ1) is 16.4. The third kappa shape index (κ3) is 3.39. The van der Waals surface area contributed by atoms with Gasteiger partial charge in [0.2, 0.25) is 5.95 Å². The fourth-order valence-electron chi connectivity index (χ4n) is 2.20. The van der Waals surface area contributed by atoms with Gasteiger partial charge in [0.05, 0.1) is 12.6 Å². The van der Waals surface area contributed by atoms with Crippen LogP contribution in [0.1, 0.15) is 13.3 Å². The van der Waals surface area contributed by atoms with Crippen LogP contribution in [0.4, 0.5) is 17.5 Å². The summed E-state index contributed by atoms with van der Waals surface area (Å²) in [6.07, 6.45) is 0.751. The minimum atomic E-state index is -0.119. The average Bonchev–Trinajstić information content (AvgIpc) is 2.96. The second kappa shape index (κ2) is 6.98. The van der Waals surface area contributed by atoms with E-state index < -0.39 is 0 Å². The number of fused-ring (bicyclic) bond motifs is 1. The van der Waals surface area contributed by atoms with Crippen molar-refractivity contribution < 1.29 is 5.11 Å². The molecule has 2 heterocycles. The lowest BCUT2D eigenvalue weighted by molar-refractivity contribution is 0.271. The van der Waals surface area contributed by atoms with Crippen molar-refractivity contribution in [2.75, 3.05) is 17.2 Å². The third-order valence-corrected chi connectivity index (χ3v) is 3.86. The lowest BCUT2D eigenvalue weighted by atomic mass is 10.2. The van der Waals surface area contributed by atoms with Gasteiger partial charge in [-0.2, -0.15) is 9.97 Å². The van der Waals surface area contributed by atoms with Gasteiger partial charge in [-0.05, 0) is 30.7 Å². The summed E-state index contributed by atoms with van der Waals surface area (Å²) in [4.78, 5) is 8.90. The van der Waals surface area contributed by atoms with Crippen molar-refractivity contribution in [3.63, 3.8) is 0 Å². The van der Waals surface area contributed by atoms with E-state index in [1.165, 1.54) is 0 Å². The molecule has 0 amide bonds. The van der Waals surface area contributed by atoms with E-state index in [2.05, 4.69) is 30.9 Å². The zero-order valence-electron chi connectivity index (χ0n) is 13.4. The Morgan fingerprint density at radius 2 is 2.00 bits per heavy atom. The Morgan fingerprint density at radius 1 is 1.25 bits per heavy atom. The monoisotopic (exact) mass is 347 g/mol. The topological polar surface area (TPSA) is 101 Å². The Bertz CT molecular complexity index is 830. The van der Waals surface area contributed by atoms with Gasteiger partial charge in [0.15, 0.2) is 17.0 Å². The highest BCUT2D eigenvalue weighted by Crippen LogP contribution is 2.24. The summed E-state index contributed by atoms with van der Waals surface area (Å²) in [5.41, 5.74) is 1.98. The van der Waals surface area contributed by atoms with E-state index in [1.54, 1.807) is 23.9 Å². The highest BCUT2D eigenvalue weighted by molar-refractivity contribution is 6.30. The van der Waals surface area contributed by atoms with Crippen LogP contribution in [-0.2, 0) is 7.05 Å². The molecule has 0 bridgehead atoms. The maximum Gasteiger partial charge on any atom is 0.227 e. The van der Waals surface area contributed by atoms with Gasteiger partial charge in [-0.1, -0.05) is 23.7 Å². The SMILES string of the molecule is CCC(CO)Nc1nc(Nc2ccc(Cl)cc2)c2nnn(C)c2n1. The van der Waals surface area contributed by atoms with Gasteiger partial charge in [0.1, 0.15) is 0 Å². The average molecular weight is 348 g/mol. The highest BCUT2D eigenvalue weighted by Gasteiger charge is 2.15. The molecule has 0 radical (unpaired) electrons. The number of aryl methyl sites for hydroxylation is 1. The largest absolute Gasteiger partial charge is 0.394 e. The minimum Gasteiger partial charge on any atom is -0.394 e. The number of nitrogens with one attached hydrogen (secondary N) is 2. The van der Waals surface area contributed by atoms with Crippen molar-refractivity contribution in [2.45, 2.75) is 19.4 Å². The van der Waals surface area contributed by atoms with E-state index in [1.807, 2.05) is 19.1 Å². The molecule has 3 N–H and O–H groups in total. The number of aliphatic hydroxyl groups is 1. The summed E-state index contributed by atoms with van der Waals surface area (Å²) >= 11 is 5.91. The molecule has 0 aliphatic heterocycles. The van der Waals surface area contributed by atoms with Crippen LogP contribution < -0.4 is 10.6 Å². The number of aromatic nitrogens is 5. The van der Waals surface area contributed by atoms with Crippen molar-refractivity contribution in [3.8, 4) is 0 Å². The van der Waals surface area contributed by atoms with Crippen molar-refractivity contribution in [1.29, 1.82) is 0 Å². The maximum atomic E-state index is 9.37. The fraction of sp³-hybridized carbons (Fsp3) is 0.333. The maximum absolute atomic E-state index is 9.37. The Hall–Kier alpha value is -2.45. The minimum absolute atomic E-state index is 0.00147. The summed E-state index contributed by atoms with van der Waals surface area (Å²) in [5, 5.41) is 24.5. The number of nitrogens with zero attached hydrogens (tertiary/aromatic N) is 5. The number of hydrogen-bond donors (Lipinski definition) is 3. The van der Waals surface area contributed by atoms with E-state index in [-0.39, 0.29) is 12.6 Å². The van der Waals surface area contributed by atoms with E-state index >= 15 is 0 Å². The predicted octanol–water partition coefficient (Wildman–Crippen LogP) is 2.34. The first-order chi connectivity index (χ1) is 11.6. The zero-order valence-corrected chi connectivity index (χ0v) is 14.1. The van der Waals surface area contributed by atoms with Crippen LogP contribution in [0.5, 0.6) is 0 Å². The molecule has 9 heteroatoms. The molecule has 126 valence electrons. The van der Waals surface area contributed by atoms with Crippen LogP contribution in [0.3, 0.4) is 0 Å². The second-order valence-electron chi connectivity index (χ2n) is 5.35. The molecule has 0 saturated carbocycles. The molecule has 0 saturated heterocycles. The molecular weight excluding hydrogens is 330 g/mol. The van der Waals surface area contributed by atoms with Gasteiger partial charge >= 0.3 is 0 Å². The second-order valence-corrected chi connectivity index (χ2v) is 5.78. The quantitative estimate of drug-likeness (QED) is 0.629. The molecule has 1 atom stereocenters. The molecule has 0 aliphatic rings. The van der Waals surface area contributed by atoms with Crippen LogP contribution in [0, 0.1) is 0 Å². The molecule has 8 nitrogen and oxygen atoms in total. The molecule has 2 aromatic heterocycles. The Labute approximate surface area is 143 Å². The molecule has 3 aromatic rings. The first-order valence-corrected chi connectivity index (χ1v) is 7.96. The fourth-order valence-corrected chi connectivity index (χ4v) is 2.32. The van der Waals surface area contributed by atoms with Gasteiger partial charge in [-0.25, -0.2) is 4.68 Å². The van der Waals surface area contributed by atoms with E-state index in [0.717, 1.165) is 12.1 Å². The van der Waals surface area contributed by atoms with Crippen molar-refractivity contribution in [2.24, 2.45) is 7.05 Å². The molecule has 0 fully saturated rings. The number of aliphatic hydroxyl groups excluding tert-OH is 1. The molecule has 24 heavy (non-hydrogen) atoms. The Balaban J connectivity index is 1.99. The number of anilines is 3. The molecule has 0 aliphatic carbocycles. The highest BCUT2D eigenvalue weighted by atomic mass is 35.5. The van der Waals surface area contributed by atoms with Crippen LogP contribution in [0.2, 0.25) is 5.02 Å². The summed E-state index contributed by atoms with van der Waals surface area (Å²) in [7, 11) is 1.77. The van der Waals surface area contributed by atoms with Crippen molar-refractivity contribution in [1.82, 2.24) is 25.0 Å². The van der Waals surface area contributed by atoms with Gasteiger partial charge in [0.25, 0.3) is 0 Å². The Kier molecular flexibility index (Phi) is 4.77. The molecular formula is C15H18ClN7O. The van der Waals surface area contributed by atoms with Crippen molar-refractivity contribution in [3.05, 3.63) is 29.3 Å². The van der Waals surface area contributed by atoms with Crippen molar-refractivity contribution >= 4 is 40.2 Å². The summed E-state index contributed by atoms with van der Waals surface area (Å²) in [6.45, 7) is 1.98. The smallest absolute Gasteiger partial charge is 0.227 e. The van der Waals surface area contributed by atoms with E-state index in [0.29, 0.717) is 28.0 Å². The normalized spacial score (nSPS) is 12.3. The molecule has 1 aromatic carbocycles. The molecule has 1 unspecified atom stereocenters. The summed E-state index contributed by atoms with van der Waals surface area (Å²) in [6, 6.07) is 7.16. The lowest BCUT2D eigenvalue weighted by Gasteiger charge is -2.15. The van der Waals surface area contributed by atoms with Crippen LogP contribution in [0.15, 0.2) is 24.3 Å². The number of rotatable bonds is 6. The predicted molar refractivity (Wildman–Crippen MR) is 93.6 cm³/mol. The van der Waals surface area contributed by atoms with Gasteiger partial charge in [-0.15, -0.1) is 5.10 Å². The molecule has 0 spiro atoms. The first-order valence-electron chi connectivity index (χ1n) is 7.58. The van der Waals surface area contributed by atoms with E-state index in [9.17, 15) is 5.11 Å². The molecule has 3 rings (SSSR count). The summed E-state index contributed by atoms with van der Waals surface area (Å²) in [5.74, 6) is 0.941. The lowest BCUT2D eigenvalue weighted by Crippen LogP contribution is -2.24. The van der Waals surface area contributed by atoms with Crippen LogP contribution >= 0.6 is 11.6 Å². The summed E-state index contributed by atoms with van der Waals surface area (Å²) < 4.78 is 1.58. The standard InChI is InChI=1S/C15H18ClN7O/c1-3-10(8-24)18-15-19-13(12-14(20-15)23(2)22-21-12)17-11-6-4-9(16)5-7-11/h4-7,10,24H,3,8H2,1-2H3,(H2,17,18,19,20). The van der Waals surface area contributed by atoms with Gasteiger partial charge in [-0.3, -0.25) is 0 Å². The number of hydrogen-bond acceptors (Lipinski definition) is 7. The van der Waals surface area contributed by atoms with Crippen LogP contribution in [-0.4, -0.2) is 42.7 Å². The number of halogens is 1. The third-order valence-electron chi connectivity index (χ3n) is 3.60.